The number of oxazole rings is 1. The predicted molar refractivity (Wildman–Crippen MR) is 125 cm³/mol. The van der Waals surface area contributed by atoms with Crippen LogP contribution in [0.2, 0.25) is 5.02 Å². The van der Waals surface area contributed by atoms with Gasteiger partial charge in [-0.2, -0.15) is 0 Å². The van der Waals surface area contributed by atoms with E-state index < -0.39 is 40.8 Å². The molecule has 0 spiro atoms. The number of thioether (sulfide) groups is 1. The predicted octanol–water partition coefficient (Wildman–Crippen LogP) is 2.60. The molecule has 4 rings (SSSR count). The molecule has 34 heavy (non-hydrogen) atoms. The first-order chi connectivity index (χ1) is 16.1. The van der Waals surface area contributed by atoms with Crippen LogP contribution in [0.3, 0.4) is 0 Å². The van der Waals surface area contributed by atoms with Gasteiger partial charge in [-0.05, 0) is 38.0 Å². The Morgan fingerprint density at radius 1 is 1.41 bits per heavy atom. The maximum absolute atomic E-state index is 13.3. The molecule has 4 atom stereocenters. The highest BCUT2D eigenvalue weighted by atomic mass is 35.5. The summed E-state index contributed by atoms with van der Waals surface area (Å²) in [7, 11) is 0. The molecule has 2 aromatic rings. The lowest BCUT2D eigenvalue weighted by Gasteiger charge is -2.31. The number of amides is 2. The van der Waals surface area contributed by atoms with Crippen LogP contribution >= 0.6 is 23.4 Å². The van der Waals surface area contributed by atoms with Crippen molar-refractivity contribution < 1.29 is 28.6 Å². The first kappa shape index (κ1) is 24.6. The number of nitrogens with zero attached hydrogens (tertiary/aromatic N) is 2. The first-order valence-electron chi connectivity index (χ1n) is 10.8. The van der Waals surface area contributed by atoms with Gasteiger partial charge in [0.1, 0.15) is 12.1 Å². The summed E-state index contributed by atoms with van der Waals surface area (Å²) in [5.41, 5.74) is 1.77. The second-order valence-corrected chi connectivity index (χ2v) is 11.0. The Morgan fingerprint density at radius 3 is 2.85 bits per heavy atom. The molecule has 2 aliphatic heterocycles. The Hall–Kier alpha value is -2.56. The standard InChI is InChI=1S/C23H26ClN3O6S/c1-12-5-4-6-15(24)14(12)8-26-20(29)19-23(2,3)34-11-27(19)21(30)16-7-13(22(31)33-16)18(28)17-9-25-10-32-17/h4-6,9-10,13,16,18-19,28H,7-8,11H2,1-3H3,(H,26,29)/t13?,16-,18?,19+/m0/s1. The van der Waals surface area contributed by atoms with Crippen molar-refractivity contribution in [1.82, 2.24) is 15.2 Å². The zero-order chi connectivity index (χ0) is 24.6. The number of aliphatic hydroxyl groups is 1. The molecule has 1 aromatic carbocycles. The molecule has 182 valence electrons. The van der Waals surface area contributed by atoms with Crippen LogP contribution in [0.25, 0.3) is 0 Å². The monoisotopic (exact) mass is 507 g/mol. The summed E-state index contributed by atoms with van der Waals surface area (Å²) < 4.78 is 9.83. The fourth-order valence-corrected chi connectivity index (χ4v) is 5.77. The largest absolute Gasteiger partial charge is 0.452 e. The number of ether oxygens (including phenoxy) is 1. The van der Waals surface area contributed by atoms with Crippen molar-refractivity contribution in [3.05, 3.63) is 52.7 Å². The Kier molecular flexibility index (Phi) is 6.93. The van der Waals surface area contributed by atoms with Gasteiger partial charge < -0.3 is 24.5 Å². The molecule has 0 saturated carbocycles. The molecule has 11 heteroatoms. The van der Waals surface area contributed by atoms with Gasteiger partial charge in [0.25, 0.3) is 5.91 Å². The van der Waals surface area contributed by atoms with Crippen molar-refractivity contribution in [3.63, 3.8) is 0 Å². The molecule has 0 aliphatic carbocycles. The highest BCUT2D eigenvalue weighted by molar-refractivity contribution is 8.00. The van der Waals surface area contributed by atoms with E-state index in [1.807, 2.05) is 32.9 Å². The van der Waals surface area contributed by atoms with Crippen molar-refractivity contribution in [2.45, 2.75) is 56.7 Å². The third-order valence-corrected chi connectivity index (χ3v) is 8.03. The van der Waals surface area contributed by atoms with E-state index in [9.17, 15) is 19.5 Å². The van der Waals surface area contributed by atoms with E-state index in [1.54, 1.807) is 6.07 Å². The number of cyclic esters (lactones) is 1. The number of benzene rings is 1. The van der Waals surface area contributed by atoms with Crippen LogP contribution in [0.5, 0.6) is 0 Å². The summed E-state index contributed by atoms with van der Waals surface area (Å²) in [4.78, 5) is 44.2. The number of aryl methyl sites for hydroxylation is 1. The third kappa shape index (κ3) is 4.67. The number of esters is 1. The number of nitrogens with one attached hydrogen (secondary N) is 1. The molecule has 3 heterocycles. The van der Waals surface area contributed by atoms with Crippen LogP contribution in [0.1, 0.15) is 43.3 Å². The van der Waals surface area contributed by atoms with Gasteiger partial charge in [-0.1, -0.05) is 23.7 Å². The van der Waals surface area contributed by atoms with Crippen LogP contribution in [0.4, 0.5) is 0 Å². The summed E-state index contributed by atoms with van der Waals surface area (Å²) in [6.45, 7) is 5.93. The van der Waals surface area contributed by atoms with Crippen LogP contribution in [-0.4, -0.2) is 55.5 Å². The number of hydrogen-bond acceptors (Lipinski definition) is 8. The minimum absolute atomic E-state index is 0.0196. The minimum atomic E-state index is -1.27. The van der Waals surface area contributed by atoms with Gasteiger partial charge >= 0.3 is 5.97 Å². The fourth-order valence-electron chi connectivity index (χ4n) is 4.34. The van der Waals surface area contributed by atoms with Crippen molar-refractivity contribution in [2.75, 3.05) is 5.88 Å². The van der Waals surface area contributed by atoms with Gasteiger partial charge in [-0.15, -0.1) is 11.8 Å². The van der Waals surface area contributed by atoms with Crippen LogP contribution < -0.4 is 5.32 Å². The first-order valence-corrected chi connectivity index (χ1v) is 12.2. The SMILES string of the molecule is Cc1cccc(Cl)c1CNC(=O)[C@H]1N(C(=O)[C@@H]2CC(C(O)c3cnco3)C(=O)O2)CSC1(C)C. The molecule has 9 nitrogen and oxygen atoms in total. The molecule has 2 saturated heterocycles. The maximum Gasteiger partial charge on any atom is 0.313 e. The second-order valence-electron chi connectivity index (χ2n) is 8.96. The molecule has 2 aliphatic rings. The Balaban J connectivity index is 1.46. The van der Waals surface area contributed by atoms with Crippen molar-refractivity contribution in [3.8, 4) is 0 Å². The molecule has 0 bridgehead atoms. The molecule has 1 aromatic heterocycles. The lowest BCUT2D eigenvalue weighted by Crippen LogP contribution is -2.55. The van der Waals surface area contributed by atoms with Gasteiger partial charge in [-0.3, -0.25) is 14.4 Å². The summed E-state index contributed by atoms with van der Waals surface area (Å²) >= 11 is 7.75. The minimum Gasteiger partial charge on any atom is -0.452 e. The van der Waals surface area contributed by atoms with Gasteiger partial charge in [0.2, 0.25) is 5.91 Å². The highest BCUT2D eigenvalue weighted by Gasteiger charge is 2.52. The summed E-state index contributed by atoms with van der Waals surface area (Å²) in [6, 6.07) is 4.75. The van der Waals surface area contributed by atoms with Crippen molar-refractivity contribution in [1.29, 1.82) is 0 Å². The number of carbonyl (C=O) groups excluding carboxylic acids is 3. The topological polar surface area (TPSA) is 122 Å². The molecule has 2 N–H and O–H groups in total. The van der Waals surface area contributed by atoms with Crippen molar-refractivity contribution >= 4 is 41.1 Å². The van der Waals surface area contributed by atoms with Gasteiger partial charge in [0, 0.05) is 22.7 Å². The normalized spacial score (nSPS) is 24.7. The average molecular weight is 508 g/mol. The Bertz CT molecular complexity index is 1070. The van der Waals surface area contributed by atoms with Gasteiger partial charge in [0.15, 0.2) is 18.3 Å². The lowest BCUT2D eigenvalue weighted by atomic mass is 9.95. The molecular weight excluding hydrogens is 482 g/mol. The number of aliphatic hydroxyl groups excluding tert-OH is 1. The molecule has 2 unspecified atom stereocenters. The zero-order valence-corrected chi connectivity index (χ0v) is 20.6. The molecule has 2 fully saturated rings. The zero-order valence-electron chi connectivity index (χ0n) is 19.0. The van der Waals surface area contributed by atoms with Crippen LogP contribution in [0.15, 0.2) is 35.2 Å². The number of halogens is 1. The maximum atomic E-state index is 13.3. The number of hydrogen-bond donors (Lipinski definition) is 2. The second kappa shape index (κ2) is 9.59. The summed E-state index contributed by atoms with van der Waals surface area (Å²) in [5.74, 6) is -2.03. The van der Waals surface area contributed by atoms with Crippen molar-refractivity contribution in [2.24, 2.45) is 5.92 Å². The molecule has 2 amide bonds. The van der Waals surface area contributed by atoms with Gasteiger partial charge in [0.05, 0.1) is 18.0 Å². The number of carbonyl (C=O) groups is 3. The van der Waals surface area contributed by atoms with E-state index in [0.29, 0.717) is 5.02 Å². The van der Waals surface area contributed by atoms with E-state index in [1.165, 1.54) is 22.9 Å². The van der Waals surface area contributed by atoms with Gasteiger partial charge in [-0.25, -0.2) is 4.98 Å². The highest BCUT2D eigenvalue weighted by Crippen LogP contribution is 2.41. The summed E-state index contributed by atoms with van der Waals surface area (Å²) in [5, 5.41) is 13.9. The summed E-state index contributed by atoms with van der Waals surface area (Å²) in [6.07, 6.45) is 0.0845. The van der Waals surface area contributed by atoms with E-state index in [-0.39, 0.29) is 30.5 Å². The van der Waals surface area contributed by atoms with Crippen LogP contribution in [-0.2, 0) is 25.7 Å². The third-order valence-electron chi connectivity index (χ3n) is 6.30. The smallest absolute Gasteiger partial charge is 0.313 e. The molecule has 0 radical (unpaired) electrons. The van der Waals surface area contributed by atoms with E-state index in [0.717, 1.165) is 17.5 Å². The quantitative estimate of drug-likeness (QED) is 0.572. The number of rotatable bonds is 6. The van der Waals surface area contributed by atoms with E-state index in [4.69, 9.17) is 20.8 Å². The van der Waals surface area contributed by atoms with E-state index in [2.05, 4.69) is 10.3 Å². The van der Waals surface area contributed by atoms with Crippen LogP contribution in [0, 0.1) is 12.8 Å². The average Bonchev–Trinajstić information content (AvgIpc) is 3.51. The lowest BCUT2D eigenvalue weighted by molar-refractivity contribution is -0.156. The molecular formula is C23H26ClN3O6S. The fraction of sp³-hybridized carbons (Fsp3) is 0.478. The number of aromatic nitrogens is 1. The Morgan fingerprint density at radius 2 is 2.18 bits per heavy atom. The Labute approximate surface area is 206 Å². The van der Waals surface area contributed by atoms with E-state index >= 15 is 0 Å².